The molecule has 0 amide bonds. The van der Waals surface area contributed by atoms with Gasteiger partial charge in [-0.3, -0.25) is 6.08 Å². The molecule has 0 aliphatic heterocycles. The molecule has 0 atom stereocenters. The van der Waals surface area contributed by atoms with Gasteiger partial charge in [-0.15, -0.1) is 13.3 Å². The van der Waals surface area contributed by atoms with Gasteiger partial charge in [0.2, 0.25) is 0 Å². The molecule has 0 bridgehead atoms. The standard InChI is InChI=1S/C8H11.Li/c1-6-4-5-7(2)8(6)3;/h4H2,1-3H3;/q-1;+1. The Bertz CT molecular complexity index is 158. The van der Waals surface area contributed by atoms with E-state index in [2.05, 4.69) is 26.8 Å². The second-order valence-corrected chi connectivity index (χ2v) is 2.38. The summed E-state index contributed by atoms with van der Waals surface area (Å²) in [5.41, 5.74) is 4.25. The summed E-state index contributed by atoms with van der Waals surface area (Å²) in [6, 6.07) is 0. The molecule has 0 fully saturated rings. The van der Waals surface area contributed by atoms with Gasteiger partial charge < -0.3 is 0 Å². The van der Waals surface area contributed by atoms with E-state index >= 15 is 0 Å². The van der Waals surface area contributed by atoms with Gasteiger partial charge in [0.05, 0.1) is 0 Å². The Kier molecular flexibility index (Phi) is 3.33. The van der Waals surface area contributed by atoms with Crippen molar-refractivity contribution in [1.82, 2.24) is 0 Å². The van der Waals surface area contributed by atoms with Crippen LogP contribution < -0.4 is 18.9 Å². The summed E-state index contributed by atoms with van der Waals surface area (Å²) in [6.07, 6.45) is 4.31. The maximum absolute atomic E-state index is 3.26. The molecule has 44 valence electrons. The number of hydrogen-bond donors (Lipinski definition) is 0. The van der Waals surface area contributed by atoms with Crippen molar-refractivity contribution in [3.63, 3.8) is 0 Å². The maximum Gasteiger partial charge on any atom is 1.00 e. The number of hydrogen-bond acceptors (Lipinski definition) is 0. The van der Waals surface area contributed by atoms with E-state index in [4.69, 9.17) is 0 Å². The van der Waals surface area contributed by atoms with E-state index in [0.29, 0.717) is 0 Å². The predicted octanol–water partition coefficient (Wildman–Crippen LogP) is -0.520. The predicted molar refractivity (Wildman–Crippen MR) is 35.4 cm³/mol. The largest absolute Gasteiger partial charge is 1.00 e. The second kappa shape index (κ2) is 3.30. The Labute approximate surface area is 69.2 Å². The van der Waals surface area contributed by atoms with Crippen LogP contribution in [0.4, 0.5) is 0 Å². The Hall–Kier alpha value is 0.0774. The molecule has 0 aromatic rings. The molecule has 0 N–H and O–H groups in total. The fraction of sp³-hybridized carbons (Fsp3) is 0.500. The minimum atomic E-state index is 0. The second-order valence-electron chi connectivity index (χ2n) is 2.38. The molecule has 0 radical (unpaired) electrons. The third kappa shape index (κ3) is 1.74. The first-order chi connectivity index (χ1) is 3.72. The fourth-order valence-electron chi connectivity index (χ4n) is 0.850. The summed E-state index contributed by atoms with van der Waals surface area (Å²) in [5.74, 6) is 0. The molecule has 0 saturated heterocycles. The molecule has 1 rings (SSSR count). The van der Waals surface area contributed by atoms with Crippen LogP contribution in [0.15, 0.2) is 16.7 Å². The van der Waals surface area contributed by atoms with Crippen LogP contribution in [0.5, 0.6) is 0 Å². The van der Waals surface area contributed by atoms with Crippen molar-refractivity contribution in [3.05, 3.63) is 22.8 Å². The van der Waals surface area contributed by atoms with Gasteiger partial charge in [-0.1, -0.05) is 13.8 Å². The Morgan fingerprint density at radius 3 is 1.89 bits per heavy atom. The van der Waals surface area contributed by atoms with E-state index in [9.17, 15) is 0 Å². The summed E-state index contributed by atoms with van der Waals surface area (Å²) < 4.78 is 0. The third-order valence-electron chi connectivity index (χ3n) is 1.82. The zero-order valence-electron chi connectivity index (χ0n) is 6.71. The van der Waals surface area contributed by atoms with Crippen LogP contribution in [0.3, 0.4) is 0 Å². The molecule has 0 nitrogen and oxygen atoms in total. The molecular formula is C8H11Li. The van der Waals surface area contributed by atoms with E-state index < -0.39 is 0 Å². The van der Waals surface area contributed by atoms with Crippen LogP contribution in [-0.4, -0.2) is 0 Å². The van der Waals surface area contributed by atoms with E-state index in [1.165, 1.54) is 16.7 Å². The average Bonchev–Trinajstić information content (AvgIpc) is 1.98. The van der Waals surface area contributed by atoms with E-state index in [0.717, 1.165) is 6.42 Å². The normalized spacial score (nSPS) is 17.4. The van der Waals surface area contributed by atoms with Crippen molar-refractivity contribution in [2.24, 2.45) is 0 Å². The van der Waals surface area contributed by atoms with Crippen LogP contribution in [-0.2, 0) is 0 Å². The molecule has 0 aromatic heterocycles. The van der Waals surface area contributed by atoms with Gasteiger partial charge in [-0.25, -0.2) is 5.57 Å². The van der Waals surface area contributed by atoms with Crippen molar-refractivity contribution >= 4 is 0 Å². The van der Waals surface area contributed by atoms with E-state index in [1.54, 1.807) is 0 Å². The Morgan fingerprint density at radius 2 is 1.78 bits per heavy atom. The minimum Gasteiger partial charge on any atom is -0.269 e. The first kappa shape index (κ1) is 9.08. The van der Waals surface area contributed by atoms with Crippen molar-refractivity contribution in [1.29, 1.82) is 0 Å². The summed E-state index contributed by atoms with van der Waals surface area (Å²) in [5, 5.41) is 0. The van der Waals surface area contributed by atoms with Gasteiger partial charge in [0.1, 0.15) is 0 Å². The molecular weight excluding hydrogens is 103 g/mol. The van der Waals surface area contributed by atoms with Crippen molar-refractivity contribution in [2.75, 3.05) is 0 Å². The van der Waals surface area contributed by atoms with Crippen LogP contribution in [0.2, 0.25) is 0 Å². The Morgan fingerprint density at radius 1 is 1.22 bits per heavy atom. The zero-order chi connectivity index (χ0) is 6.15. The van der Waals surface area contributed by atoms with Crippen molar-refractivity contribution in [2.45, 2.75) is 27.2 Å². The topological polar surface area (TPSA) is 0 Å². The van der Waals surface area contributed by atoms with Gasteiger partial charge in [-0.05, 0) is 0 Å². The Balaban J connectivity index is 0.000000640. The molecule has 1 aliphatic carbocycles. The molecule has 0 aromatic carbocycles. The summed E-state index contributed by atoms with van der Waals surface area (Å²) in [4.78, 5) is 0. The van der Waals surface area contributed by atoms with Crippen LogP contribution >= 0.6 is 0 Å². The summed E-state index contributed by atoms with van der Waals surface area (Å²) >= 11 is 0. The number of allylic oxidation sites excluding steroid dienone is 4. The van der Waals surface area contributed by atoms with Crippen LogP contribution in [0.1, 0.15) is 27.2 Å². The van der Waals surface area contributed by atoms with Gasteiger partial charge in [0.25, 0.3) is 0 Å². The third-order valence-corrected chi connectivity index (χ3v) is 1.82. The first-order valence-electron chi connectivity index (χ1n) is 2.96. The molecule has 0 saturated carbocycles. The molecule has 0 unspecified atom stereocenters. The first-order valence-corrected chi connectivity index (χ1v) is 2.96. The van der Waals surface area contributed by atoms with Crippen molar-refractivity contribution in [3.8, 4) is 0 Å². The van der Waals surface area contributed by atoms with Crippen molar-refractivity contribution < 1.29 is 18.9 Å². The molecule has 9 heavy (non-hydrogen) atoms. The van der Waals surface area contributed by atoms with Gasteiger partial charge >= 0.3 is 18.9 Å². The van der Waals surface area contributed by atoms with Gasteiger partial charge in [-0.2, -0.15) is 11.1 Å². The molecule has 1 aliphatic rings. The molecule has 0 heterocycles. The van der Waals surface area contributed by atoms with Gasteiger partial charge in [0.15, 0.2) is 0 Å². The zero-order valence-corrected chi connectivity index (χ0v) is 6.71. The number of rotatable bonds is 0. The fourth-order valence-corrected chi connectivity index (χ4v) is 0.850. The summed E-state index contributed by atoms with van der Waals surface area (Å²) in [7, 11) is 0. The molecule has 0 spiro atoms. The maximum atomic E-state index is 3.26. The monoisotopic (exact) mass is 114 g/mol. The average molecular weight is 114 g/mol. The van der Waals surface area contributed by atoms with Crippen LogP contribution in [0.25, 0.3) is 0 Å². The SMILES string of the molecule is CC1=[C-]CC(C)=C1C.[Li+]. The van der Waals surface area contributed by atoms with Gasteiger partial charge in [0, 0.05) is 0 Å². The smallest absolute Gasteiger partial charge is 0.269 e. The molecule has 1 heteroatoms. The minimum absolute atomic E-state index is 0. The van der Waals surface area contributed by atoms with E-state index in [1.807, 2.05) is 0 Å². The quantitative estimate of drug-likeness (QED) is 0.293. The van der Waals surface area contributed by atoms with Crippen LogP contribution in [0, 0.1) is 6.08 Å². The van der Waals surface area contributed by atoms with E-state index in [-0.39, 0.29) is 18.9 Å². The summed E-state index contributed by atoms with van der Waals surface area (Å²) in [6.45, 7) is 6.44.